The van der Waals surface area contributed by atoms with Crippen LogP contribution in [-0.4, -0.2) is 76.5 Å². The number of sulfonamides is 1. The Bertz CT molecular complexity index is 802. The van der Waals surface area contributed by atoms with E-state index in [1.807, 2.05) is 0 Å². The normalized spacial score (nSPS) is 15.2. The van der Waals surface area contributed by atoms with Crippen LogP contribution in [0.25, 0.3) is 0 Å². The van der Waals surface area contributed by atoms with E-state index < -0.39 is 16.0 Å². The van der Waals surface area contributed by atoms with Crippen molar-refractivity contribution in [2.45, 2.75) is 24.7 Å². The van der Waals surface area contributed by atoms with Gasteiger partial charge in [0.05, 0.1) is 32.1 Å². The minimum absolute atomic E-state index is 0.0246. The summed E-state index contributed by atoms with van der Waals surface area (Å²) in [5.74, 6) is 0.177. The molecule has 1 amide bonds. The van der Waals surface area contributed by atoms with Gasteiger partial charge in [-0.2, -0.15) is 4.31 Å². The van der Waals surface area contributed by atoms with Crippen LogP contribution in [0.1, 0.15) is 19.8 Å². The molecule has 2 rings (SSSR count). The van der Waals surface area contributed by atoms with Crippen LogP contribution in [0.3, 0.4) is 0 Å². The summed E-state index contributed by atoms with van der Waals surface area (Å²) < 4.78 is 42.2. The second kappa shape index (κ2) is 9.74. The van der Waals surface area contributed by atoms with E-state index in [9.17, 15) is 18.0 Å². The first-order valence-electron chi connectivity index (χ1n) is 8.99. The van der Waals surface area contributed by atoms with Crippen LogP contribution in [0.5, 0.6) is 11.5 Å². The fourth-order valence-corrected chi connectivity index (χ4v) is 4.34. The number of carbonyl (C=O) groups excluding carboxylic acids is 2. The first-order chi connectivity index (χ1) is 13.3. The summed E-state index contributed by atoms with van der Waals surface area (Å²) in [5.41, 5.74) is 0. The first-order valence-corrected chi connectivity index (χ1v) is 10.4. The molecule has 0 spiro atoms. The summed E-state index contributed by atoms with van der Waals surface area (Å²) in [6, 6.07) is 4.43. The molecule has 0 unspecified atom stereocenters. The van der Waals surface area contributed by atoms with Crippen LogP contribution < -0.4 is 9.47 Å². The maximum Gasteiger partial charge on any atom is 0.306 e. The van der Waals surface area contributed by atoms with Crippen LogP contribution in [0.4, 0.5) is 0 Å². The Balaban J connectivity index is 1.98. The highest BCUT2D eigenvalue weighted by atomic mass is 32.2. The third-order valence-electron chi connectivity index (χ3n) is 4.43. The Kier molecular flexibility index (Phi) is 7.64. The van der Waals surface area contributed by atoms with Crippen LogP contribution in [0.2, 0.25) is 0 Å². The maximum atomic E-state index is 12.9. The van der Waals surface area contributed by atoms with Gasteiger partial charge in [0.2, 0.25) is 15.9 Å². The molecule has 0 N–H and O–H groups in total. The summed E-state index contributed by atoms with van der Waals surface area (Å²) in [4.78, 5) is 25.2. The van der Waals surface area contributed by atoms with E-state index in [-0.39, 0.29) is 56.4 Å². The van der Waals surface area contributed by atoms with Gasteiger partial charge in [0.25, 0.3) is 0 Å². The summed E-state index contributed by atoms with van der Waals surface area (Å²) in [6.07, 6.45) is 0.0814. The fourth-order valence-electron chi connectivity index (χ4n) is 2.90. The van der Waals surface area contributed by atoms with Gasteiger partial charge in [0.15, 0.2) is 11.5 Å². The molecule has 0 saturated carbocycles. The number of methoxy groups -OCH3 is 2. The predicted molar refractivity (Wildman–Crippen MR) is 101 cm³/mol. The van der Waals surface area contributed by atoms with Crippen LogP contribution in [-0.2, 0) is 24.3 Å². The number of rotatable bonds is 8. The van der Waals surface area contributed by atoms with Crippen LogP contribution in [0.15, 0.2) is 23.1 Å². The quantitative estimate of drug-likeness (QED) is 0.582. The van der Waals surface area contributed by atoms with Crippen molar-refractivity contribution in [3.05, 3.63) is 18.2 Å². The Labute approximate surface area is 165 Å². The van der Waals surface area contributed by atoms with E-state index in [4.69, 9.17) is 14.2 Å². The van der Waals surface area contributed by atoms with Crippen molar-refractivity contribution in [3.8, 4) is 11.5 Å². The highest BCUT2D eigenvalue weighted by Gasteiger charge is 2.30. The van der Waals surface area contributed by atoms with E-state index >= 15 is 0 Å². The first kappa shape index (κ1) is 22.0. The second-order valence-electron chi connectivity index (χ2n) is 6.11. The second-order valence-corrected chi connectivity index (χ2v) is 8.04. The van der Waals surface area contributed by atoms with Gasteiger partial charge in [-0.3, -0.25) is 9.59 Å². The highest BCUT2D eigenvalue weighted by molar-refractivity contribution is 7.89. The van der Waals surface area contributed by atoms with E-state index in [1.54, 1.807) is 17.9 Å². The molecule has 28 heavy (non-hydrogen) atoms. The Morgan fingerprint density at radius 3 is 2.21 bits per heavy atom. The van der Waals surface area contributed by atoms with Crippen molar-refractivity contribution in [1.82, 2.24) is 9.21 Å². The predicted octanol–water partition coefficient (Wildman–Crippen LogP) is 0.880. The number of piperazine rings is 1. The smallest absolute Gasteiger partial charge is 0.306 e. The van der Waals surface area contributed by atoms with Gasteiger partial charge in [-0.05, 0) is 19.1 Å². The van der Waals surface area contributed by atoms with E-state index in [0.29, 0.717) is 11.5 Å². The molecule has 0 aliphatic carbocycles. The third kappa shape index (κ3) is 5.14. The number of benzene rings is 1. The zero-order valence-electron chi connectivity index (χ0n) is 16.3. The maximum absolute atomic E-state index is 12.9. The lowest BCUT2D eigenvalue weighted by atomic mass is 10.2. The van der Waals surface area contributed by atoms with Crippen molar-refractivity contribution in [1.29, 1.82) is 0 Å². The zero-order chi connectivity index (χ0) is 20.7. The Morgan fingerprint density at radius 1 is 1.00 bits per heavy atom. The number of amides is 1. The standard InChI is InChI=1S/C18H26N2O7S/c1-4-27-18(22)8-7-17(21)19-9-11-20(12-10-19)28(23,24)14-5-6-15(25-2)16(13-14)26-3/h5-6,13H,4,7-12H2,1-3H3. The number of hydrogen-bond donors (Lipinski definition) is 0. The Morgan fingerprint density at radius 2 is 1.64 bits per heavy atom. The lowest BCUT2D eigenvalue weighted by Gasteiger charge is -2.34. The number of nitrogens with zero attached hydrogens (tertiary/aromatic N) is 2. The van der Waals surface area contributed by atoms with E-state index in [1.165, 1.54) is 30.7 Å². The minimum Gasteiger partial charge on any atom is -0.493 e. The fraction of sp³-hybridized carbons (Fsp3) is 0.556. The molecule has 1 aromatic carbocycles. The van der Waals surface area contributed by atoms with Gasteiger partial charge in [0.1, 0.15) is 0 Å². The third-order valence-corrected chi connectivity index (χ3v) is 6.33. The monoisotopic (exact) mass is 414 g/mol. The molecule has 1 fully saturated rings. The molecule has 1 heterocycles. The van der Waals surface area contributed by atoms with Gasteiger partial charge in [0, 0.05) is 38.7 Å². The minimum atomic E-state index is -3.72. The highest BCUT2D eigenvalue weighted by Crippen LogP contribution is 2.30. The summed E-state index contributed by atoms with van der Waals surface area (Å²) in [7, 11) is -0.800. The van der Waals surface area contributed by atoms with Gasteiger partial charge < -0.3 is 19.1 Å². The molecular formula is C18H26N2O7S. The molecule has 1 aliphatic heterocycles. The molecule has 1 aromatic rings. The SMILES string of the molecule is CCOC(=O)CCC(=O)N1CCN(S(=O)(=O)c2ccc(OC)c(OC)c2)CC1. The van der Waals surface area contributed by atoms with Crippen molar-refractivity contribution >= 4 is 21.9 Å². The molecule has 1 aliphatic rings. The van der Waals surface area contributed by atoms with Crippen LogP contribution >= 0.6 is 0 Å². The Hall–Kier alpha value is -2.33. The van der Waals surface area contributed by atoms with Gasteiger partial charge in [-0.15, -0.1) is 0 Å². The average molecular weight is 414 g/mol. The van der Waals surface area contributed by atoms with Crippen molar-refractivity contribution in [2.75, 3.05) is 47.0 Å². The largest absolute Gasteiger partial charge is 0.493 e. The molecule has 0 radical (unpaired) electrons. The van der Waals surface area contributed by atoms with Crippen LogP contribution in [0, 0.1) is 0 Å². The molecule has 0 aromatic heterocycles. The lowest BCUT2D eigenvalue weighted by molar-refractivity contribution is -0.145. The number of esters is 1. The summed E-state index contributed by atoms with van der Waals surface area (Å²) >= 11 is 0. The molecule has 156 valence electrons. The summed E-state index contributed by atoms with van der Waals surface area (Å²) in [5, 5.41) is 0. The molecule has 9 nitrogen and oxygen atoms in total. The molecule has 0 bridgehead atoms. The summed E-state index contributed by atoms with van der Waals surface area (Å²) in [6.45, 7) is 2.89. The molecule has 10 heteroatoms. The van der Waals surface area contributed by atoms with Gasteiger partial charge in [-0.25, -0.2) is 8.42 Å². The van der Waals surface area contributed by atoms with Crippen molar-refractivity contribution in [3.63, 3.8) is 0 Å². The average Bonchev–Trinajstić information content (AvgIpc) is 2.71. The van der Waals surface area contributed by atoms with Crippen molar-refractivity contribution in [2.24, 2.45) is 0 Å². The topological polar surface area (TPSA) is 102 Å². The number of carbonyl (C=O) groups is 2. The number of hydrogen-bond acceptors (Lipinski definition) is 7. The lowest BCUT2D eigenvalue weighted by Crippen LogP contribution is -2.50. The molecule has 0 atom stereocenters. The van der Waals surface area contributed by atoms with E-state index in [2.05, 4.69) is 0 Å². The van der Waals surface area contributed by atoms with Crippen molar-refractivity contribution < 1.29 is 32.2 Å². The number of ether oxygens (including phenoxy) is 3. The van der Waals surface area contributed by atoms with Gasteiger partial charge >= 0.3 is 5.97 Å². The molecule has 1 saturated heterocycles. The zero-order valence-corrected chi connectivity index (χ0v) is 17.2. The van der Waals surface area contributed by atoms with E-state index in [0.717, 1.165) is 0 Å². The molecular weight excluding hydrogens is 388 g/mol. The van der Waals surface area contributed by atoms with Gasteiger partial charge in [-0.1, -0.05) is 0 Å².